The van der Waals surface area contributed by atoms with Crippen LogP contribution in [0.25, 0.3) is 0 Å². The van der Waals surface area contributed by atoms with Crippen molar-refractivity contribution in [3.05, 3.63) is 71.8 Å². The summed E-state index contributed by atoms with van der Waals surface area (Å²) in [6.45, 7) is 4.11. The number of aliphatic hydroxyl groups is 1. The molecule has 0 fully saturated rings. The van der Waals surface area contributed by atoms with Crippen molar-refractivity contribution in [1.29, 1.82) is 0 Å². The lowest BCUT2D eigenvalue weighted by molar-refractivity contribution is -0.168. The normalized spacial score (nSPS) is 12.6. The molecule has 0 saturated heterocycles. The second-order valence-corrected chi connectivity index (χ2v) is 6.02. The molecular formula is C21H26O3. The number of unbranched alkanes of at least 4 members (excludes halogenated alkanes) is 1. The topological polar surface area (TPSA) is 46.5 Å². The van der Waals surface area contributed by atoms with E-state index in [9.17, 15) is 9.90 Å². The van der Waals surface area contributed by atoms with Crippen LogP contribution in [0, 0.1) is 0 Å². The summed E-state index contributed by atoms with van der Waals surface area (Å²) >= 11 is 0. The summed E-state index contributed by atoms with van der Waals surface area (Å²) < 4.78 is 5.69. The minimum absolute atomic E-state index is 0.170. The van der Waals surface area contributed by atoms with Crippen molar-refractivity contribution in [2.24, 2.45) is 0 Å². The number of rotatable bonds is 8. The molecule has 0 unspecified atom stereocenters. The first-order valence-electron chi connectivity index (χ1n) is 8.67. The largest absolute Gasteiger partial charge is 0.460 e. The Hall–Kier alpha value is -2.13. The Morgan fingerprint density at radius 3 is 1.92 bits per heavy atom. The molecule has 0 heterocycles. The molecule has 24 heavy (non-hydrogen) atoms. The minimum Gasteiger partial charge on any atom is -0.460 e. The summed E-state index contributed by atoms with van der Waals surface area (Å²) in [4.78, 5) is 12.9. The molecule has 0 aromatic heterocycles. The summed E-state index contributed by atoms with van der Waals surface area (Å²) in [7, 11) is 0. The van der Waals surface area contributed by atoms with Gasteiger partial charge in [0.05, 0.1) is 0 Å². The van der Waals surface area contributed by atoms with Crippen molar-refractivity contribution < 1.29 is 14.6 Å². The molecule has 1 N–H and O–H groups in total. The summed E-state index contributed by atoms with van der Waals surface area (Å²) in [6, 6.07) is 18.0. The van der Waals surface area contributed by atoms with E-state index in [2.05, 4.69) is 6.92 Å². The second-order valence-electron chi connectivity index (χ2n) is 6.02. The van der Waals surface area contributed by atoms with Gasteiger partial charge in [-0.3, -0.25) is 0 Å². The van der Waals surface area contributed by atoms with Crippen LogP contribution in [0.15, 0.2) is 60.7 Å². The van der Waals surface area contributed by atoms with Gasteiger partial charge >= 0.3 is 5.97 Å². The highest BCUT2D eigenvalue weighted by Crippen LogP contribution is 2.32. The summed E-state index contributed by atoms with van der Waals surface area (Å²) in [6.07, 6.45) is 3.44. The molecule has 0 aliphatic rings. The van der Waals surface area contributed by atoms with Gasteiger partial charge in [-0.2, -0.15) is 0 Å². The van der Waals surface area contributed by atoms with Crippen molar-refractivity contribution in [2.45, 2.75) is 51.2 Å². The molecule has 0 aliphatic carbocycles. The fraction of sp³-hybridized carbons (Fsp3) is 0.381. The first-order chi connectivity index (χ1) is 11.6. The van der Waals surface area contributed by atoms with E-state index in [1.165, 1.54) is 0 Å². The highest BCUT2D eigenvalue weighted by atomic mass is 16.6. The van der Waals surface area contributed by atoms with Crippen molar-refractivity contribution in [3.63, 3.8) is 0 Å². The van der Waals surface area contributed by atoms with Gasteiger partial charge in [0.2, 0.25) is 5.60 Å². The third-order valence-electron chi connectivity index (χ3n) is 4.29. The molecule has 0 amide bonds. The standard InChI is InChI=1S/C21H26O3/c1-3-5-16-19(4-2)24-20(22)21(23,17-12-8-6-9-13-17)18-14-10-7-11-15-18/h6-15,19,23H,3-5,16H2,1-2H3/t19-/m1/s1. The van der Waals surface area contributed by atoms with Crippen LogP contribution in [-0.2, 0) is 15.1 Å². The van der Waals surface area contributed by atoms with Crippen LogP contribution in [0.4, 0.5) is 0 Å². The molecule has 0 aliphatic heterocycles. The molecule has 2 aromatic rings. The van der Waals surface area contributed by atoms with Crippen LogP contribution >= 0.6 is 0 Å². The van der Waals surface area contributed by atoms with Gasteiger partial charge in [-0.1, -0.05) is 87.4 Å². The number of carbonyl (C=O) groups is 1. The molecule has 0 bridgehead atoms. The Morgan fingerprint density at radius 2 is 1.50 bits per heavy atom. The van der Waals surface area contributed by atoms with E-state index in [1.807, 2.05) is 43.3 Å². The van der Waals surface area contributed by atoms with E-state index in [1.54, 1.807) is 24.3 Å². The van der Waals surface area contributed by atoms with E-state index in [0.29, 0.717) is 11.1 Å². The predicted molar refractivity (Wildman–Crippen MR) is 95.6 cm³/mol. The van der Waals surface area contributed by atoms with Gasteiger partial charge in [0.25, 0.3) is 0 Å². The molecular weight excluding hydrogens is 300 g/mol. The van der Waals surface area contributed by atoms with Crippen LogP contribution in [0.3, 0.4) is 0 Å². The maximum atomic E-state index is 12.9. The third kappa shape index (κ3) is 4.04. The molecule has 0 saturated carbocycles. The highest BCUT2D eigenvalue weighted by molar-refractivity contribution is 5.85. The zero-order valence-corrected chi connectivity index (χ0v) is 14.4. The Labute approximate surface area is 144 Å². The van der Waals surface area contributed by atoms with Gasteiger partial charge in [-0.25, -0.2) is 4.79 Å². The van der Waals surface area contributed by atoms with E-state index in [-0.39, 0.29) is 6.10 Å². The molecule has 2 aromatic carbocycles. The molecule has 128 valence electrons. The van der Waals surface area contributed by atoms with Gasteiger partial charge in [-0.05, 0) is 24.0 Å². The highest BCUT2D eigenvalue weighted by Gasteiger charge is 2.42. The van der Waals surface area contributed by atoms with Crippen molar-refractivity contribution in [1.82, 2.24) is 0 Å². The number of esters is 1. The van der Waals surface area contributed by atoms with Gasteiger partial charge < -0.3 is 9.84 Å². The van der Waals surface area contributed by atoms with Gasteiger partial charge in [0.15, 0.2) is 0 Å². The van der Waals surface area contributed by atoms with Crippen molar-refractivity contribution in [3.8, 4) is 0 Å². The zero-order valence-electron chi connectivity index (χ0n) is 14.4. The van der Waals surface area contributed by atoms with Crippen LogP contribution in [-0.4, -0.2) is 17.2 Å². The Balaban J connectivity index is 2.34. The number of benzene rings is 2. The predicted octanol–water partition coefficient (Wildman–Crippen LogP) is 4.43. The van der Waals surface area contributed by atoms with Crippen molar-refractivity contribution in [2.75, 3.05) is 0 Å². The monoisotopic (exact) mass is 326 g/mol. The smallest absolute Gasteiger partial charge is 0.347 e. The zero-order chi connectivity index (χ0) is 17.4. The first kappa shape index (κ1) is 18.2. The van der Waals surface area contributed by atoms with Gasteiger partial charge in [-0.15, -0.1) is 0 Å². The quantitative estimate of drug-likeness (QED) is 0.730. The van der Waals surface area contributed by atoms with E-state index < -0.39 is 11.6 Å². The van der Waals surface area contributed by atoms with Crippen LogP contribution in [0.2, 0.25) is 0 Å². The minimum atomic E-state index is -1.79. The lowest BCUT2D eigenvalue weighted by Crippen LogP contribution is -2.40. The van der Waals surface area contributed by atoms with Crippen LogP contribution < -0.4 is 0 Å². The first-order valence-corrected chi connectivity index (χ1v) is 8.67. The van der Waals surface area contributed by atoms with Gasteiger partial charge in [0, 0.05) is 0 Å². The maximum Gasteiger partial charge on any atom is 0.347 e. The second kappa shape index (κ2) is 8.65. The Morgan fingerprint density at radius 1 is 1.00 bits per heavy atom. The molecule has 0 spiro atoms. The molecule has 1 atom stereocenters. The van der Waals surface area contributed by atoms with E-state index >= 15 is 0 Å². The molecule has 3 nitrogen and oxygen atoms in total. The van der Waals surface area contributed by atoms with E-state index in [4.69, 9.17) is 4.74 Å². The molecule has 0 radical (unpaired) electrons. The Bertz CT molecular complexity index is 583. The SMILES string of the molecule is CCCC[C@@H](CC)OC(=O)C(O)(c1ccccc1)c1ccccc1. The van der Waals surface area contributed by atoms with E-state index in [0.717, 1.165) is 25.7 Å². The average molecular weight is 326 g/mol. The van der Waals surface area contributed by atoms with Crippen molar-refractivity contribution >= 4 is 5.97 Å². The summed E-state index contributed by atoms with van der Waals surface area (Å²) in [5.41, 5.74) is -0.750. The maximum absolute atomic E-state index is 12.9. The third-order valence-corrected chi connectivity index (χ3v) is 4.29. The number of ether oxygens (including phenoxy) is 1. The fourth-order valence-electron chi connectivity index (χ4n) is 2.78. The number of hydrogen-bond donors (Lipinski definition) is 1. The fourth-order valence-corrected chi connectivity index (χ4v) is 2.78. The summed E-state index contributed by atoms with van der Waals surface area (Å²) in [5, 5.41) is 11.3. The number of hydrogen-bond acceptors (Lipinski definition) is 3. The summed E-state index contributed by atoms with van der Waals surface area (Å²) in [5.74, 6) is -0.608. The Kier molecular flexibility index (Phi) is 6.56. The van der Waals surface area contributed by atoms with Crippen LogP contribution in [0.1, 0.15) is 50.7 Å². The lowest BCUT2D eigenvalue weighted by atomic mass is 9.86. The average Bonchev–Trinajstić information content (AvgIpc) is 2.65. The van der Waals surface area contributed by atoms with Crippen LogP contribution in [0.5, 0.6) is 0 Å². The molecule has 2 rings (SSSR count). The number of carbonyl (C=O) groups excluding carboxylic acids is 1. The molecule has 3 heteroatoms. The van der Waals surface area contributed by atoms with Gasteiger partial charge in [0.1, 0.15) is 6.10 Å². The lowest BCUT2D eigenvalue weighted by Gasteiger charge is -2.29.